The Morgan fingerprint density at radius 1 is 1.19 bits per heavy atom. The number of anilines is 1. The van der Waals surface area contributed by atoms with E-state index in [2.05, 4.69) is 0 Å². The number of nitrogens with zero attached hydrogens (tertiary/aromatic N) is 2. The lowest BCUT2D eigenvalue weighted by Crippen LogP contribution is -2.27. The van der Waals surface area contributed by atoms with E-state index in [1.54, 1.807) is 48.2 Å². The Morgan fingerprint density at radius 3 is 2.65 bits per heavy atom. The van der Waals surface area contributed by atoms with Gasteiger partial charge in [-0.15, -0.1) is 11.8 Å². The van der Waals surface area contributed by atoms with E-state index in [1.165, 1.54) is 48.1 Å². The zero-order valence-corrected chi connectivity index (χ0v) is 19.7. The second-order valence-electron chi connectivity index (χ2n) is 7.33. The van der Waals surface area contributed by atoms with Crippen molar-refractivity contribution in [3.8, 4) is 0 Å². The smallest absolute Gasteiger partial charge is 0.268 e. The zero-order valence-electron chi connectivity index (χ0n) is 16.5. The largest absolute Gasteiger partial charge is 0.270 e. The van der Waals surface area contributed by atoms with Crippen molar-refractivity contribution in [2.45, 2.75) is 42.2 Å². The van der Waals surface area contributed by atoms with Gasteiger partial charge in [0, 0.05) is 22.3 Å². The average molecular weight is 491 g/mol. The molecule has 0 bridgehead atoms. The van der Waals surface area contributed by atoms with E-state index in [0.717, 1.165) is 17.7 Å². The molecule has 31 heavy (non-hydrogen) atoms. The number of carbonyl (C=O) groups is 1. The van der Waals surface area contributed by atoms with Crippen molar-refractivity contribution < 1.29 is 9.72 Å². The number of carbonyl (C=O) groups excluding carboxylic acids is 1. The second-order valence-corrected chi connectivity index (χ2v) is 10.8. The number of nitro groups is 1. The summed E-state index contributed by atoms with van der Waals surface area (Å²) in [6, 6.07) is 11.9. The summed E-state index contributed by atoms with van der Waals surface area (Å²) >= 11 is 14.6. The van der Waals surface area contributed by atoms with Gasteiger partial charge in [0.15, 0.2) is 4.32 Å². The molecule has 1 saturated heterocycles. The van der Waals surface area contributed by atoms with Crippen molar-refractivity contribution >= 4 is 75.0 Å². The summed E-state index contributed by atoms with van der Waals surface area (Å²) < 4.78 is 0.385. The number of halogens is 1. The van der Waals surface area contributed by atoms with Crippen LogP contribution in [0.1, 0.15) is 37.7 Å². The Kier molecular flexibility index (Phi) is 7.01. The van der Waals surface area contributed by atoms with Crippen molar-refractivity contribution in [1.29, 1.82) is 0 Å². The van der Waals surface area contributed by atoms with Crippen LogP contribution in [0.15, 0.2) is 52.3 Å². The topological polar surface area (TPSA) is 63.4 Å². The first-order chi connectivity index (χ1) is 14.9. The van der Waals surface area contributed by atoms with Crippen LogP contribution in [0.2, 0.25) is 5.02 Å². The van der Waals surface area contributed by atoms with Gasteiger partial charge in [-0.05, 0) is 42.7 Å². The minimum atomic E-state index is -0.415. The first-order valence-electron chi connectivity index (χ1n) is 9.91. The molecule has 0 radical (unpaired) electrons. The molecule has 160 valence electrons. The number of benzene rings is 2. The highest BCUT2D eigenvalue weighted by atomic mass is 35.5. The molecule has 0 N–H and O–H groups in total. The molecular weight excluding hydrogens is 472 g/mol. The Labute approximate surface area is 199 Å². The van der Waals surface area contributed by atoms with Crippen LogP contribution in [-0.2, 0) is 4.79 Å². The number of rotatable bonds is 5. The minimum absolute atomic E-state index is 0.000765. The number of para-hydroxylation sites is 1. The van der Waals surface area contributed by atoms with Gasteiger partial charge in [-0.25, -0.2) is 0 Å². The quantitative estimate of drug-likeness (QED) is 0.193. The van der Waals surface area contributed by atoms with Crippen molar-refractivity contribution in [2.24, 2.45) is 0 Å². The summed E-state index contributed by atoms with van der Waals surface area (Å²) in [5, 5.41) is 12.3. The third-order valence-electron chi connectivity index (χ3n) is 5.22. The van der Waals surface area contributed by atoms with Gasteiger partial charge in [-0.1, -0.05) is 67.0 Å². The Bertz CT molecular complexity index is 1080. The summed E-state index contributed by atoms with van der Waals surface area (Å²) in [5.41, 5.74) is 1.20. The van der Waals surface area contributed by atoms with Crippen LogP contribution in [0.25, 0.3) is 6.08 Å². The normalized spacial score (nSPS) is 18.7. The lowest BCUT2D eigenvalue weighted by Gasteiger charge is -2.21. The molecule has 2 aliphatic rings. The van der Waals surface area contributed by atoms with Gasteiger partial charge in [0.05, 0.1) is 20.5 Å². The summed E-state index contributed by atoms with van der Waals surface area (Å²) in [4.78, 5) is 26.9. The van der Waals surface area contributed by atoms with E-state index < -0.39 is 4.92 Å². The Hall–Kier alpha value is -1.87. The Balaban J connectivity index is 1.68. The fraction of sp³-hybridized carbons (Fsp3) is 0.273. The molecular formula is C22H19ClN2O3S3. The van der Waals surface area contributed by atoms with Gasteiger partial charge in [-0.3, -0.25) is 19.8 Å². The fourth-order valence-electron chi connectivity index (χ4n) is 3.68. The molecule has 0 spiro atoms. The average Bonchev–Trinajstić information content (AvgIpc) is 3.03. The number of amides is 1. The molecule has 0 aromatic heterocycles. The highest BCUT2D eigenvalue weighted by Gasteiger charge is 2.34. The summed E-state index contributed by atoms with van der Waals surface area (Å²) in [6.45, 7) is 0. The van der Waals surface area contributed by atoms with Crippen LogP contribution in [0.3, 0.4) is 0 Å². The van der Waals surface area contributed by atoms with E-state index in [-0.39, 0.29) is 11.6 Å². The Morgan fingerprint density at radius 2 is 1.94 bits per heavy atom. The first kappa shape index (κ1) is 22.3. The SMILES string of the molecule is O=C1C(=Cc2cc([N+](=O)[O-])ccc2SC2CCCCC2)SC(=S)N1c1ccccc1Cl. The van der Waals surface area contributed by atoms with Gasteiger partial charge < -0.3 is 0 Å². The molecule has 2 fully saturated rings. The van der Waals surface area contributed by atoms with E-state index in [1.807, 2.05) is 0 Å². The molecule has 1 amide bonds. The number of hydrogen-bond acceptors (Lipinski definition) is 6. The molecule has 2 aromatic rings. The number of thiocarbonyl (C=S) groups is 1. The van der Waals surface area contributed by atoms with E-state index in [0.29, 0.717) is 30.7 Å². The van der Waals surface area contributed by atoms with E-state index in [4.69, 9.17) is 23.8 Å². The molecule has 5 nitrogen and oxygen atoms in total. The minimum Gasteiger partial charge on any atom is -0.268 e. The second kappa shape index (κ2) is 9.73. The molecule has 1 aliphatic carbocycles. The third kappa shape index (κ3) is 4.98. The molecule has 2 aromatic carbocycles. The number of non-ortho nitro benzene ring substituents is 1. The van der Waals surface area contributed by atoms with Crippen molar-refractivity contribution in [1.82, 2.24) is 0 Å². The molecule has 0 atom stereocenters. The molecule has 4 rings (SSSR count). The summed E-state index contributed by atoms with van der Waals surface area (Å²) in [6.07, 6.45) is 7.65. The van der Waals surface area contributed by atoms with E-state index in [9.17, 15) is 14.9 Å². The molecule has 1 saturated carbocycles. The molecule has 1 aliphatic heterocycles. The highest BCUT2D eigenvalue weighted by Crippen LogP contribution is 2.41. The van der Waals surface area contributed by atoms with Crippen LogP contribution in [0, 0.1) is 10.1 Å². The van der Waals surface area contributed by atoms with Crippen LogP contribution >= 0.6 is 47.3 Å². The highest BCUT2D eigenvalue weighted by molar-refractivity contribution is 8.27. The van der Waals surface area contributed by atoms with Crippen LogP contribution in [0.4, 0.5) is 11.4 Å². The van der Waals surface area contributed by atoms with Crippen LogP contribution in [0.5, 0.6) is 0 Å². The molecule has 1 heterocycles. The first-order valence-corrected chi connectivity index (χ1v) is 12.4. The van der Waals surface area contributed by atoms with E-state index >= 15 is 0 Å². The van der Waals surface area contributed by atoms with Gasteiger partial charge in [0.2, 0.25) is 0 Å². The number of hydrogen-bond donors (Lipinski definition) is 0. The molecule has 9 heteroatoms. The summed E-state index contributed by atoms with van der Waals surface area (Å²) in [7, 11) is 0. The molecule has 0 unspecified atom stereocenters. The van der Waals surface area contributed by atoms with Crippen molar-refractivity contribution in [3.63, 3.8) is 0 Å². The maximum Gasteiger partial charge on any atom is 0.270 e. The fourth-order valence-corrected chi connectivity index (χ4v) is 6.51. The van der Waals surface area contributed by atoms with Crippen LogP contribution in [-0.4, -0.2) is 20.4 Å². The predicted octanol–water partition coefficient (Wildman–Crippen LogP) is 7.08. The lowest BCUT2D eigenvalue weighted by molar-refractivity contribution is -0.384. The monoisotopic (exact) mass is 490 g/mol. The van der Waals surface area contributed by atoms with Gasteiger partial charge in [0.25, 0.3) is 11.6 Å². The predicted molar refractivity (Wildman–Crippen MR) is 133 cm³/mol. The van der Waals surface area contributed by atoms with Crippen molar-refractivity contribution in [3.05, 3.63) is 68.1 Å². The van der Waals surface area contributed by atoms with Gasteiger partial charge in [0.1, 0.15) is 0 Å². The number of nitro benzene ring substituents is 1. The number of thioether (sulfide) groups is 2. The standard InChI is InChI=1S/C22H19ClN2O3S3/c23-17-8-4-5-9-18(17)24-21(26)20(31-22(24)29)13-14-12-15(25(27)28)10-11-19(14)30-16-6-2-1-3-7-16/h4-5,8-13,16H,1-3,6-7H2. The lowest BCUT2D eigenvalue weighted by atomic mass is 10.0. The van der Waals surface area contributed by atoms with Crippen molar-refractivity contribution in [2.75, 3.05) is 4.90 Å². The van der Waals surface area contributed by atoms with Crippen LogP contribution < -0.4 is 4.90 Å². The maximum atomic E-state index is 13.1. The maximum absolute atomic E-state index is 13.1. The zero-order chi connectivity index (χ0) is 22.0. The summed E-state index contributed by atoms with van der Waals surface area (Å²) in [5.74, 6) is -0.275. The van der Waals surface area contributed by atoms with Gasteiger partial charge >= 0.3 is 0 Å². The third-order valence-corrected chi connectivity index (χ3v) is 8.28. The van der Waals surface area contributed by atoms with Gasteiger partial charge in [-0.2, -0.15) is 0 Å².